The van der Waals surface area contributed by atoms with E-state index in [1.807, 2.05) is 0 Å². The first-order valence-corrected chi connectivity index (χ1v) is 10.0. The van der Waals surface area contributed by atoms with Gasteiger partial charge in [-0.15, -0.1) is 10.2 Å². The molecule has 1 aromatic rings. The summed E-state index contributed by atoms with van der Waals surface area (Å²) in [6, 6.07) is 0.0284. The van der Waals surface area contributed by atoms with Gasteiger partial charge in [0.05, 0.1) is 0 Å². The summed E-state index contributed by atoms with van der Waals surface area (Å²) in [6.45, 7) is 1.74. The molecule has 1 N–H and O–H groups in total. The average Bonchev–Trinajstić information content (AvgIpc) is 3.05. The number of carbonyl (C=O) groups excluding carboxylic acids is 1. The third kappa shape index (κ3) is 3.99. The monoisotopic (exact) mass is 396 g/mol. The van der Waals surface area contributed by atoms with E-state index in [9.17, 15) is 13.2 Å². The van der Waals surface area contributed by atoms with Crippen LogP contribution in [0.4, 0.5) is 5.13 Å². The van der Waals surface area contributed by atoms with Gasteiger partial charge < -0.3 is 5.32 Å². The van der Waals surface area contributed by atoms with E-state index in [-0.39, 0.29) is 21.4 Å². The van der Waals surface area contributed by atoms with Crippen LogP contribution in [-0.4, -0.2) is 46.7 Å². The zero-order valence-corrected chi connectivity index (χ0v) is 14.8. The predicted octanol–water partition coefficient (Wildman–Crippen LogP) is 1.82. The summed E-state index contributed by atoms with van der Waals surface area (Å²) in [5.41, 5.74) is 0. The molecule has 1 heterocycles. The fourth-order valence-corrected chi connectivity index (χ4v) is 5.76. The van der Waals surface area contributed by atoms with Crippen LogP contribution in [0.5, 0.6) is 0 Å². The lowest BCUT2D eigenvalue weighted by atomic mass is 10.2. The zero-order valence-electron chi connectivity index (χ0n) is 11.6. The van der Waals surface area contributed by atoms with E-state index in [4.69, 9.17) is 0 Å². The normalized spacial score (nSPS) is 16.5. The molecule has 0 saturated heterocycles. The fourth-order valence-electron chi connectivity index (χ4n) is 2.39. The number of nitrogens with one attached hydrogen (secondary N) is 1. The van der Waals surface area contributed by atoms with Crippen molar-refractivity contribution in [3.05, 3.63) is 0 Å². The molecule has 0 aromatic carbocycles. The van der Waals surface area contributed by atoms with Gasteiger partial charge in [-0.05, 0) is 12.8 Å². The van der Waals surface area contributed by atoms with Gasteiger partial charge >= 0.3 is 0 Å². The van der Waals surface area contributed by atoms with Crippen LogP contribution in [0.15, 0.2) is 4.34 Å². The third-order valence-electron chi connectivity index (χ3n) is 3.26. The Hall–Kier alpha value is -0.580. The molecule has 2 rings (SSSR count). The van der Waals surface area contributed by atoms with Gasteiger partial charge in [0.2, 0.25) is 15.4 Å². The first kappa shape index (κ1) is 16.8. The van der Waals surface area contributed by atoms with Gasteiger partial charge in [-0.3, -0.25) is 4.79 Å². The minimum atomic E-state index is -3.66. The number of amides is 1. The summed E-state index contributed by atoms with van der Waals surface area (Å²) in [6.07, 6.45) is 3.85. The van der Waals surface area contributed by atoms with E-state index >= 15 is 0 Å². The molecule has 118 valence electrons. The van der Waals surface area contributed by atoms with Crippen molar-refractivity contribution in [2.45, 2.75) is 43.0 Å². The number of carbonyl (C=O) groups is 1. The second kappa shape index (κ2) is 7.12. The topological polar surface area (TPSA) is 92.3 Å². The summed E-state index contributed by atoms with van der Waals surface area (Å²) in [7, 11) is -3.66. The molecule has 1 saturated carbocycles. The lowest BCUT2D eigenvalue weighted by Crippen LogP contribution is -2.40. The second-order valence-electron chi connectivity index (χ2n) is 4.80. The summed E-state index contributed by atoms with van der Waals surface area (Å²) >= 11 is 4.19. The number of anilines is 1. The number of alkyl halides is 1. The van der Waals surface area contributed by atoms with Crippen molar-refractivity contribution in [1.82, 2.24) is 14.5 Å². The van der Waals surface area contributed by atoms with Crippen LogP contribution in [0, 0.1) is 0 Å². The summed E-state index contributed by atoms with van der Waals surface area (Å²) in [5.74, 6) is -0.303. The Balaban J connectivity index is 2.24. The minimum Gasteiger partial charge on any atom is -0.301 e. The first-order valence-electron chi connectivity index (χ1n) is 6.64. The van der Waals surface area contributed by atoms with E-state index in [0.717, 1.165) is 37.0 Å². The first-order chi connectivity index (χ1) is 9.95. The molecule has 0 spiro atoms. The zero-order chi connectivity index (χ0) is 15.5. The van der Waals surface area contributed by atoms with Gasteiger partial charge in [-0.2, -0.15) is 4.31 Å². The smallest absolute Gasteiger partial charge is 0.272 e. The predicted molar refractivity (Wildman–Crippen MR) is 84.2 cm³/mol. The van der Waals surface area contributed by atoms with Gasteiger partial charge in [-0.25, -0.2) is 8.42 Å². The molecule has 1 amide bonds. The average molecular weight is 397 g/mol. The number of nitrogens with zero attached hydrogens (tertiary/aromatic N) is 3. The molecule has 0 unspecified atom stereocenters. The molecule has 0 radical (unpaired) electrons. The van der Waals surface area contributed by atoms with E-state index in [0.29, 0.717) is 11.9 Å². The van der Waals surface area contributed by atoms with Crippen LogP contribution >= 0.6 is 27.3 Å². The van der Waals surface area contributed by atoms with E-state index in [2.05, 4.69) is 31.4 Å². The van der Waals surface area contributed by atoms with E-state index < -0.39 is 10.0 Å². The largest absolute Gasteiger partial charge is 0.301 e. The molecule has 1 fully saturated rings. The van der Waals surface area contributed by atoms with Crippen molar-refractivity contribution in [3.63, 3.8) is 0 Å². The van der Waals surface area contributed by atoms with E-state index in [1.54, 1.807) is 0 Å². The molecular formula is C11H17BrN4O3S2. The van der Waals surface area contributed by atoms with Crippen LogP contribution in [0.25, 0.3) is 0 Å². The van der Waals surface area contributed by atoms with Gasteiger partial charge in [-0.1, -0.05) is 40.1 Å². The SMILES string of the molecule is CC(=O)Nc1nnc(S(=O)(=O)N(CCBr)C2CCCC2)s1. The van der Waals surface area contributed by atoms with Gasteiger partial charge in [0, 0.05) is 24.8 Å². The van der Waals surface area contributed by atoms with Crippen molar-refractivity contribution in [2.75, 3.05) is 17.2 Å². The molecule has 7 nitrogen and oxygen atoms in total. The quantitative estimate of drug-likeness (QED) is 0.584. The molecule has 0 aliphatic heterocycles. The molecule has 1 aliphatic carbocycles. The molecular weight excluding hydrogens is 380 g/mol. The highest BCUT2D eigenvalue weighted by Crippen LogP contribution is 2.30. The molecule has 1 aliphatic rings. The Morgan fingerprint density at radius 3 is 2.67 bits per heavy atom. The van der Waals surface area contributed by atoms with Crippen molar-refractivity contribution in [3.8, 4) is 0 Å². The lowest BCUT2D eigenvalue weighted by Gasteiger charge is -2.25. The standard InChI is InChI=1S/C11H17BrN4O3S2/c1-8(17)13-10-14-15-11(20-10)21(18,19)16(7-6-12)9-4-2-3-5-9/h9H,2-7H2,1H3,(H,13,14,17). The van der Waals surface area contributed by atoms with Crippen LogP contribution in [0.1, 0.15) is 32.6 Å². The van der Waals surface area contributed by atoms with Crippen LogP contribution in [-0.2, 0) is 14.8 Å². The number of sulfonamides is 1. The number of hydrogen-bond acceptors (Lipinski definition) is 6. The van der Waals surface area contributed by atoms with Crippen molar-refractivity contribution < 1.29 is 13.2 Å². The Labute approximate surface area is 136 Å². The van der Waals surface area contributed by atoms with E-state index in [1.165, 1.54) is 11.2 Å². The van der Waals surface area contributed by atoms with Crippen LogP contribution in [0.3, 0.4) is 0 Å². The Kier molecular flexibility index (Phi) is 5.69. The highest BCUT2D eigenvalue weighted by molar-refractivity contribution is 9.09. The van der Waals surface area contributed by atoms with Crippen molar-refractivity contribution >= 4 is 48.3 Å². The molecule has 1 aromatic heterocycles. The molecule has 0 atom stereocenters. The van der Waals surface area contributed by atoms with Crippen LogP contribution < -0.4 is 5.32 Å². The maximum Gasteiger partial charge on any atom is 0.272 e. The maximum absolute atomic E-state index is 12.7. The minimum absolute atomic E-state index is 0.0284. The fraction of sp³-hybridized carbons (Fsp3) is 0.727. The highest BCUT2D eigenvalue weighted by atomic mass is 79.9. The van der Waals surface area contributed by atoms with Gasteiger partial charge in [0.15, 0.2) is 0 Å². The highest BCUT2D eigenvalue weighted by Gasteiger charge is 2.35. The second-order valence-corrected chi connectivity index (χ2v) is 8.63. The summed E-state index contributed by atoms with van der Waals surface area (Å²) < 4.78 is 26.9. The number of aromatic nitrogens is 2. The maximum atomic E-state index is 12.7. The summed E-state index contributed by atoms with van der Waals surface area (Å²) in [4.78, 5) is 11.0. The molecule has 10 heteroatoms. The number of hydrogen-bond donors (Lipinski definition) is 1. The Morgan fingerprint density at radius 1 is 1.43 bits per heavy atom. The molecule has 21 heavy (non-hydrogen) atoms. The number of halogens is 1. The Bertz CT molecular complexity index is 598. The number of rotatable bonds is 6. The lowest BCUT2D eigenvalue weighted by molar-refractivity contribution is -0.114. The molecule has 0 bridgehead atoms. The van der Waals surface area contributed by atoms with Gasteiger partial charge in [0.25, 0.3) is 10.0 Å². The van der Waals surface area contributed by atoms with Gasteiger partial charge in [0.1, 0.15) is 0 Å². The Morgan fingerprint density at radius 2 is 2.10 bits per heavy atom. The summed E-state index contributed by atoms with van der Waals surface area (Å²) in [5, 5.41) is 10.7. The van der Waals surface area contributed by atoms with Crippen LogP contribution in [0.2, 0.25) is 0 Å². The third-order valence-corrected chi connectivity index (χ3v) is 6.75. The van der Waals surface area contributed by atoms with Crippen molar-refractivity contribution in [1.29, 1.82) is 0 Å². The van der Waals surface area contributed by atoms with Crippen molar-refractivity contribution in [2.24, 2.45) is 0 Å².